The number of likely N-dealkylation sites (N-methyl/N-ethyl adjacent to an activating group) is 1. The molecule has 2 rings (SSSR count). The summed E-state index contributed by atoms with van der Waals surface area (Å²) in [5, 5.41) is 3.13. The van der Waals surface area contributed by atoms with Crippen LogP contribution >= 0.6 is 12.2 Å². The number of carbonyl (C=O) groups excluding carboxylic acids is 2. The monoisotopic (exact) mass is 334 g/mol. The summed E-state index contributed by atoms with van der Waals surface area (Å²) in [7, 11) is 3.89. The topological polar surface area (TPSA) is 65.0 Å². The number of rotatable bonds is 6. The molecule has 0 saturated heterocycles. The zero-order valence-corrected chi connectivity index (χ0v) is 14.5. The molecule has 0 saturated carbocycles. The summed E-state index contributed by atoms with van der Waals surface area (Å²) in [6.07, 6.45) is 5.89. The zero-order chi connectivity index (χ0) is 17.0. The van der Waals surface area contributed by atoms with Gasteiger partial charge in [0, 0.05) is 25.2 Å². The molecule has 124 valence electrons. The standard InChI is InChI=1S/C16H22N4O2S/c1-4-8-20-15(22)12-6-5-11(10-13(12)18-16(20)23)14(21)17-7-9-19(2)3/h5-6,10,12H,4,7-9H2,1-3H3,(H,17,21). The van der Waals surface area contributed by atoms with Gasteiger partial charge in [0.2, 0.25) is 11.0 Å². The zero-order valence-electron chi connectivity index (χ0n) is 13.7. The van der Waals surface area contributed by atoms with E-state index in [9.17, 15) is 9.59 Å². The van der Waals surface area contributed by atoms with Crippen molar-refractivity contribution in [3.8, 4) is 0 Å². The van der Waals surface area contributed by atoms with Crippen molar-refractivity contribution < 1.29 is 9.59 Å². The molecule has 7 heteroatoms. The Morgan fingerprint density at radius 2 is 2.22 bits per heavy atom. The van der Waals surface area contributed by atoms with Crippen molar-refractivity contribution in [2.45, 2.75) is 13.3 Å². The van der Waals surface area contributed by atoms with E-state index in [1.165, 1.54) is 4.90 Å². The van der Waals surface area contributed by atoms with Crippen LogP contribution in [0, 0.1) is 5.92 Å². The van der Waals surface area contributed by atoms with Crippen LogP contribution in [-0.4, -0.2) is 66.2 Å². The van der Waals surface area contributed by atoms with Gasteiger partial charge in [-0.3, -0.25) is 14.5 Å². The maximum atomic E-state index is 12.5. The van der Waals surface area contributed by atoms with Crippen molar-refractivity contribution >= 4 is 34.9 Å². The number of amides is 2. The summed E-state index contributed by atoms with van der Waals surface area (Å²) in [5.74, 6) is -0.674. The predicted octanol–water partition coefficient (Wildman–Crippen LogP) is 0.755. The highest BCUT2D eigenvalue weighted by Gasteiger charge is 2.34. The molecule has 0 bridgehead atoms. The number of fused-ring (bicyclic) bond motifs is 1. The number of hydrogen-bond donors (Lipinski definition) is 1. The highest BCUT2D eigenvalue weighted by atomic mass is 32.1. The number of allylic oxidation sites excluding steroid dienone is 1. The molecule has 1 atom stereocenters. The van der Waals surface area contributed by atoms with Crippen LogP contribution < -0.4 is 5.32 Å². The molecule has 0 radical (unpaired) electrons. The fourth-order valence-corrected chi connectivity index (χ4v) is 2.69. The molecular weight excluding hydrogens is 312 g/mol. The molecule has 1 unspecified atom stereocenters. The first kappa shape index (κ1) is 17.5. The van der Waals surface area contributed by atoms with Crippen molar-refractivity contribution in [3.05, 3.63) is 23.8 Å². The minimum atomic E-state index is -0.438. The summed E-state index contributed by atoms with van der Waals surface area (Å²) in [6.45, 7) is 3.89. The van der Waals surface area contributed by atoms with E-state index in [4.69, 9.17) is 12.2 Å². The fraction of sp³-hybridized carbons (Fsp3) is 0.500. The molecule has 1 aliphatic heterocycles. The third-order valence-corrected chi connectivity index (χ3v) is 3.94. The second-order valence-corrected chi connectivity index (χ2v) is 6.17. The van der Waals surface area contributed by atoms with E-state index >= 15 is 0 Å². The van der Waals surface area contributed by atoms with Gasteiger partial charge in [-0.15, -0.1) is 0 Å². The van der Waals surface area contributed by atoms with Crippen LogP contribution in [0.2, 0.25) is 0 Å². The fourth-order valence-electron chi connectivity index (χ4n) is 2.41. The largest absolute Gasteiger partial charge is 0.351 e. The van der Waals surface area contributed by atoms with Gasteiger partial charge >= 0.3 is 0 Å². The third kappa shape index (κ3) is 4.11. The smallest absolute Gasteiger partial charge is 0.251 e. The lowest BCUT2D eigenvalue weighted by Gasteiger charge is -2.30. The van der Waals surface area contributed by atoms with E-state index < -0.39 is 5.92 Å². The van der Waals surface area contributed by atoms with Gasteiger partial charge in [0.1, 0.15) is 0 Å². The minimum Gasteiger partial charge on any atom is -0.351 e. The Morgan fingerprint density at radius 1 is 1.48 bits per heavy atom. The average molecular weight is 334 g/mol. The van der Waals surface area contributed by atoms with Crippen molar-refractivity contribution in [2.24, 2.45) is 10.9 Å². The van der Waals surface area contributed by atoms with E-state index in [-0.39, 0.29) is 16.9 Å². The van der Waals surface area contributed by atoms with Gasteiger partial charge in [0.15, 0.2) is 0 Å². The summed E-state index contributed by atoms with van der Waals surface area (Å²) in [6, 6.07) is 0. The molecule has 0 aromatic heterocycles. The average Bonchev–Trinajstić information content (AvgIpc) is 2.50. The molecule has 0 aromatic rings. The molecule has 0 fully saturated rings. The molecule has 1 heterocycles. The molecule has 0 aromatic carbocycles. The van der Waals surface area contributed by atoms with Gasteiger partial charge in [-0.05, 0) is 38.8 Å². The van der Waals surface area contributed by atoms with Crippen LogP contribution in [0.15, 0.2) is 28.8 Å². The molecule has 2 amide bonds. The van der Waals surface area contributed by atoms with E-state index in [0.717, 1.165) is 13.0 Å². The maximum Gasteiger partial charge on any atom is 0.251 e. The minimum absolute atomic E-state index is 0.0681. The highest BCUT2D eigenvalue weighted by Crippen LogP contribution is 2.22. The first-order valence-corrected chi connectivity index (χ1v) is 8.11. The number of nitrogens with zero attached hydrogens (tertiary/aromatic N) is 3. The van der Waals surface area contributed by atoms with E-state index in [1.54, 1.807) is 18.2 Å². The van der Waals surface area contributed by atoms with Gasteiger partial charge in [-0.1, -0.05) is 19.1 Å². The Balaban J connectivity index is 2.10. The van der Waals surface area contributed by atoms with Crippen molar-refractivity contribution in [1.82, 2.24) is 15.1 Å². The molecule has 6 nitrogen and oxygen atoms in total. The van der Waals surface area contributed by atoms with E-state index in [1.807, 2.05) is 25.9 Å². The van der Waals surface area contributed by atoms with Crippen LogP contribution in [0.4, 0.5) is 0 Å². The SMILES string of the molecule is CCCN1C(=O)C2C=CC(C(=O)NCCN(C)C)=CC2=NC1=S. The number of thiocarbonyl (C=S) groups is 1. The number of carbonyl (C=O) groups is 2. The Kier molecular flexibility index (Phi) is 5.79. The second-order valence-electron chi connectivity index (χ2n) is 5.80. The third-order valence-electron chi connectivity index (χ3n) is 3.63. The van der Waals surface area contributed by atoms with Crippen molar-refractivity contribution in [3.63, 3.8) is 0 Å². The second kappa shape index (κ2) is 7.61. The van der Waals surface area contributed by atoms with Gasteiger partial charge in [-0.25, -0.2) is 4.99 Å². The van der Waals surface area contributed by atoms with Crippen LogP contribution in [0.25, 0.3) is 0 Å². The Morgan fingerprint density at radius 3 is 2.87 bits per heavy atom. The highest BCUT2D eigenvalue weighted by molar-refractivity contribution is 7.80. The van der Waals surface area contributed by atoms with Crippen LogP contribution in [0.3, 0.4) is 0 Å². The summed E-state index contributed by atoms with van der Waals surface area (Å²) >= 11 is 5.20. The number of hydrogen-bond acceptors (Lipinski definition) is 4. The van der Waals surface area contributed by atoms with Crippen LogP contribution in [-0.2, 0) is 9.59 Å². The lowest BCUT2D eigenvalue weighted by atomic mass is 9.91. The Bertz CT molecular complexity index is 607. The summed E-state index contributed by atoms with van der Waals surface area (Å²) in [4.78, 5) is 32.5. The Hall–Kier alpha value is -1.86. The van der Waals surface area contributed by atoms with E-state index in [0.29, 0.717) is 24.4 Å². The van der Waals surface area contributed by atoms with Crippen molar-refractivity contribution in [2.75, 3.05) is 33.7 Å². The van der Waals surface area contributed by atoms with Crippen LogP contribution in [0.5, 0.6) is 0 Å². The Labute approximate surface area is 141 Å². The molecule has 0 spiro atoms. The summed E-state index contributed by atoms with van der Waals surface area (Å²) in [5.41, 5.74) is 1.05. The van der Waals surface area contributed by atoms with Gasteiger partial charge in [0.05, 0.1) is 11.6 Å². The summed E-state index contributed by atoms with van der Waals surface area (Å²) < 4.78 is 0. The first-order chi connectivity index (χ1) is 10.9. The molecule has 1 N–H and O–H groups in total. The lowest BCUT2D eigenvalue weighted by molar-refractivity contribution is -0.128. The normalized spacial score (nSPS) is 20.3. The number of nitrogens with one attached hydrogen (secondary N) is 1. The molecule has 23 heavy (non-hydrogen) atoms. The quantitative estimate of drug-likeness (QED) is 0.728. The number of aliphatic imine (C=N–C) groups is 1. The predicted molar refractivity (Wildman–Crippen MR) is 94.3 cm³/mol. The first-order valence-electron chi connectivity index (χ1n) is 7.70. The molecule has 1 aliphatic carbocycles. The van der Waals surface area contributed by atoms with Crippen LogP contribution in [0.1, 0.15) is 13.3 Å². The lowest BCUT2D eigenvalue weighted by Crippen LogP contribution is -2.46. The molecular formula is C16H22N4O2S. The maximum absolute atomic E-state index is 12.5. The van der Waals surface area contributed by atoms with Crippen molar-refractivity contribution in [1.29, 1.82) is 0 Å². The van der Waals surface area contributed by atoms with Gasteiger partial charge in [0.25, 0.3) is 5.91 Å². The van der Waals surface area contributed by atoms with E-state index in [2.05, 4.69) is 10.3 Å². The molecule has 2 aliphatic rings. The van der Waals surface area contributed by atoms with Gasteiger partial charge in [-0.2, -0.15) is 0 Å². The van der Waals surface area contributed by atoms with Gasteiger partial charge < -0.3 is 10.2 Å².